The van der Waals surface area contributed by atoms with Crippen molar-refractivity contribution in [3.05, 3.63) is 46.4 Å². The highest BCUT2D eigenvalue weighted by atomic mass is 16.5. The van der Waals surface area contributed by atoms with E-state index in [9.17, 15) is 4.79 Å². The molecule has 4 rings (SSSR count). The molecule has 0 saturated carbocycles. The van der Waals surface area contributed by atoms with Crippen molar-refractivity contribution in [3.63, 3.8) is 0 Å². The molecular weight excluding hydrogens is 356 g/mol. The van der Waals surface area contributed by atoms with E-state index in [1.807, 2.05) is 20.8 Å². The zero-order valence-electron chi connectivity index (χ0n) is 16.5. The van der Waals surface area contributed by atoms with Crippen LogP contribution in [0.3, 0.4) is 0 Å². The lowest BCUT2D eigenvalue weighted by atomic mass is 10.1. The second-order valence-electron chi connectivity index (χ2n) is 8.00. The molecule has 1 fully saturated rings. The van der Waals surface area contributed by atoms with Gasteiger partial charge in [0.25, 0.3) is 5.56 Å². The number of fused-ring (bicyclic) bond motifs is 1. The minimum absolute atomic E-state index is 0.189. The van der Waals surface area contributed by atoms with Crippen molar-refractivity contribution in [1.82, 2.24) is 19.7 Å². The number of ether oxygens (including phenoxy) is 1. The first kappa shape index (κ1) is 18.5. The molecule has 0 radical (unpaired) electrons. The van der Waals surface area contributed by atoms with Crippen LogP contribution in [0.1, 0.15) is 26.3 Å². The van der Waals surface area contributed by atoms with Gasteiger partial charge in [-0.15, -0.1) is 0 Å². The van der Waals surface area contributed by atoms with Crippen molar-refractivity contribution in [2.75, 3.05) is 36.5 Å². The van der Waals surface area contributed by atoms with Crippen molar-refractivity contribution in [3.8, 4) is 0 Å². The van der Waals surface area contributed by atoms with Gasteiger partial charge in [0.05, 0.1) is 24.9 Å². The standard InChI is InChI=1S/C20H26N6O2/c1-20(2,3)26-17-16(13-22-26)18(27)24-19(23-17)21-12-14-4-6-15(7-5-14)25-8-10-28-11-9-25/h4-7,13H,8-12H2,1-3H3,(H2,21,23,24,27). The third-order valence-corrected chi connectivity index (χ3v) is 4.85. The van der Waals surface area contributed by atoms with Gasteiger partial charge < -0.3 is 15.0 Å². The number of H-pyrrole nitrogens is 1. The van der Waals surface area contributed by atoms with Gasteiger partial charge in [0.2, 0.25) is 5.95 Å². The fourth-order valence-corrected chi connectivity index (χ4v) is 3.33. The van der Waals surface area contributed by atoms with E-state index < -0.39 is 0 Å². The Kier molecular flexibility index (Phi) is 4.80. The Morgan fingerprint density at radius 2 is 1.89 bits per heavy atom. The smallest absolute Gasteiger partial charge is 0.263 e. The van der Waals surface area contributed by atoms with Gasteiger partial charge in [-0.3, -0.25) is 9.78 Å². The minimum atomic E-state index is -0.255. The molecular formula is C20H26N6O2. The molecule has 0 unspecified atom stereocenters. The van der Waals surface area contributed by atoms with Gasteiger partial charge in [0, 0.05) is 25.3 Å². The molecule has 1 saturated heterocycles. The maximum atomic E-state index is 12.4. The zero-order valence-corrected chi connectivity index (χ0v) is 16.5. The van der Waals surface area contributed by atoms with Crippen molar-refractivity contribution >= 4 is 22.7 Å². The summed E-state index contributed by atoms with van der Waals surface area (Å²) in [7, 11) is 0. The summed E-state index contributed by atoms with van der Waals surface area (Å²) in [4.78, 5) is 22.1. The first-order valence-corrected chi connectivity index (χ1v) is 9.56. The van der Waals surface area contributed by atoms with E-state index in [2.05, 4.69) is 49.5 Å². The molecule has 1 aliphatic heterocycles. The summed E-state index contributed by atoms with van der Waals surface area (Å²) in [5.74, 6) is 0.445. The van der Waals surface area contributed by atoms with E-state index >= 15 is 0 Å². The van der Waals surface area contributed by atoms with Crippen LogP contribution < -0.4 is 15.8 Å². The van der Waals surface area contributed by atoms with Gasteiger partial charge in [0.15, 0.2) is 5.65 Å². The number of nitrogens with zero attached hydrogens (tertiary/aromatic N) is 4. The van der Waals surface area contributed by atoms with E-state index in [4.69, 9.17) is 4.74 Å². The number of hydrogen-bond acceptors (Lipinski definition) is 6. The minimum Gasteiger partial charge on any atom is -0.378 e. The van der Waals surface area contributed by atoms with E-state index in [0.717, 1.165) is 31.9 Å². The quantitative estimate of drug-likeness (QED) is 0.720. The molecule has 3 heterocycles. The van der Waals surface area contributed by atoms with Crippen molar-refractivity contribution in [2.24, 2.45) is 0 Å². The Balaban J connectivity index is 1.50. The zero-order chi connectivity index (χ0) is 19.7. The van der Waals surface area contributed by atoms with Crippen LogP contribution in [0.4, 0.5) is 11.6 Å². The molecule has 1 aliphatic rings. The summed E-state index contributed by atoms with van der Waals surface area (Å²) in [6.07, 6.45) is 1.57. The third kappa shape index (κ3) is 3.73. The highest BCUT2D eigenvalue weighted by molar-refractivity contribution is 5.74. The van der Waals surface area contributed by atoms with E-state index in [-0.39, 0.29) is 11.1 Å². The molecule has 0 bridgehead atoms. The van der Waals surface area contributed by atoms with Gasteiger partial charge in [-0.05, 0) is 38.5 Å². The number of nitrogens with one attached hydrogen (secondary N) is 2. The SMILES string of the molecule is CC(C)(C)n1ncc2c(=O)[nH]c(NCc3ccc(N4CCOCC4)cc3)nc21. The van der Waals surface area contributed by atoms with Crippen LogP contribution in [0.2, 0.25) is 0 Å². The van der Waals surface area contributed by atoms with Crippen LogP contribution in [0.5, 0.6) is 0 Å². The Morgan fingerprint density at radius 3 is 2.57 bits per heavy atom. The number of anilines is 2. The summed E-state index contributed by atoms with van der Waals surface area (Å²) in [5, 5.41) is 8.05. The number of rotatable bonds is 4. The summed E-state index contributed by atoms with van der Waals surface area (Å²) < 4.78 is 7.18. The maximum absolute atomic E-state index is 12.4. The second-order valence-corrected chi connectivity index (χ2v) is 8.00. The summed E-state index contributed by atoms with van der Waals surface area (Å²) in [6.45, 7) is 10.1. The summed E-state index contributed by atoms with van der Waals surface area (Å²) in [6, 6.07) is 8.43. The molecule has 8 nitrogen and oxygen atoms in total. The van der Waals surface area contributed by atoms with Gasteiger partial charge >= 0.3 is 0 Å². The van der Waals surface area contributed by atoms with Crippen LogP contribution in [0.25, 0.3) is 11.0 Å². The number of morpholine rings is 1. The summed E-state index contributed by atoms with van der Waals surface area (Å²) in [5.41, 5.74) is 2.46. The van der Waals surface area contributed by atoms with Crippen molar-refractivity contribution < 1.29 is 4.74 Å². The fraction of sp³-hybridized carbons (Fsp3) is 0.450. The summed E-state index contributed by atoms with van der Waals surface area (Å²) >= 11 is 0. The van der Waals surface area contributed by atoms with Gasteiger partial charge in [-0.25, -0.2) is 4.68 Å². The van der Waals surface area contributed by atoms with E-state index in [0.29, 0.717) is 23.5 Å². The average molecular weight is 382 g/mol. The fourth-order valence-electron chi connectivity index (χ4n) is 3.33. The Hall–Kier alpha value is -2.87. The van der Waals surface area contributed by atoms with E-state index in [1.54, 1.807) is 10.9 Å². The molecule has 2 N–H and O–H groups in total. The second kappa shape index (κ2) is 7.27. The molecule has 148 valence electrons. The van der Waals surface area contributed by atoms with Crippen LogP contribution in [0.15, 0.2) is 35.3 Å². The Morgan fingerprint density at radius 1 is 1.18 bits per heavy atom. The topological polar surface area (TPSA) is 88.1 Å². The van der Waals surface area contributed by atoms with Crippen LogP contribution in [0, 0.1) is 0 Å². The Labute approximate surface area is 163 Å². The predicted molar refractivity (Wildman–Crippen MR) is 110 cm³/mol. The molecule has 0 atom stereocenters. The molecule has 0 spiro atoms. The molecule has 2 aromatic heterocycles. The third-order valence-electron chi connectivity index (χ3n) is 4.85. The molecule has 1 aromatic carbocycles. The lowest BCUT2D eigenvalue weighted by molar-refractivity contribution is 0.122. The van der Waals surface area contributed by atoms with Crippen molar-refractivity contribution in [1.29, 1.82) is 0 Å². The first-order valence-electron chi connectivity index (χ1n) is 9.56. The monoisotopic (exact) mass is 382 g/mol. The first-order chi connectivity index (χ1) is 13.4. The average Bonchev–Trinajstić information content (AvgIpc) is 3.13. The van der Waals surface area contributed by atoms with E-state index in [1.165, 1.54) is 5.69 Å². The predicted octanol–water partition coefficient (Wildman–Crippen LogP) is 2.32. The molecule has 0 amide bonds. The van der Waals surface area contributed by atoms with Crippen molar-refractivity contribution in [2.45, 2.75) is 32.9 Å². The molecule has 8 heteroatoms. The highest BCUT2D eigenvalue weighted by Crippen LogP contribution is 2.20. The Bertz CT molecular complexity index is 1010. The number of aromatic amines is 1. The number of hydrogen-bond donors (Lipinski definition) is 2. The van der Waals surface area contributed by atoms with Crippen LogP contribution >= 0.6 is 0 Å². The maximum Gasteiger partial charge on any atom is 0.263 e. The lowest BCUT2D eigenvalue weighted by Gasteiger charge is -2.28. The van der Waals surface area contributed by atoms with Gasteiger partial charge in [0.1, 0.15) is 5.39 Å². The molecule has 3 aromatic rings. The highest BCUT2D eigenvalue weighted by Gasteiger charge is 2.19. The van der Waals surface area contributed by atoms with Gasteiger partial charge in [-0.2, -0.15) is 10.1 Å². The van der Waals surface area contributed by atoms with Crippen LogP contribution in [-0.2, 0) is 16.8 Å². The largest absolute Gasteiger partial charge is 0.378 e. The lowest BCUT2D eigenvalue weighted by Crippen LogP contribution is -2.36. The normalized spacial score (nSPS) is 15.2. The number of aromatic nitrogens is 4. The molecule has 0 aliphatic carbocycles. The molecule has 28 heavy (non-hydrogen) atoms. The number of benzene rings is 1. The van der Waals surface area contributed by atoms with Gasteiger partial charge in [-0.1, -0.05) is 12.1 Å². The van der Waals surface area contributed by atoms with Crippen LogP contribution in [-0.4, -0.2) is 46.1 Å².